The number of amides is 2. The van der Waals surface area contributed by atoms with Crippen LogP contribution in [0.3, 0.4) is 0 Å². The molecule has 1 N–H and O–H groups in total. The van der Waals surface area contributed by atoms with E-state index in [0.717, 1.165) is 18.6 Å². The van der Waals surface area contributed by atoms with Gasteiger partial charge in [0.05, 0.1) is 26.0 Å². The Hall–Kier alpha value is -2.02. The lowest BCUT2D eigenvalue weighted by atomic mass is 10.3. The van der Waals surface area contributed by atoms with Gasteiger partial charge in [-0.25, -0.2) is 9.59 Å². The number of morpholine rings is 1. The second kappa shape index (κ2) is 5.77. The smallest absolute Gasteiger partial charge is 0.334 e. The van der Waals surface area contributed by atoms with E-state index in [2.05, 4.69) is 0 Å². The highest BCUT2D eigenvalue weighted by Gasteiger charge is 2.38. The SMILES string of the molecule is O=C(O)C1CN(C(=O)N(Cc2ccco2)C2CC2)CCO1. The molecule has 0 bridgehead atoms. The average molecular weight is 294 g/mol. The third kappa shape index (κ3) is 3.18. The van der Waals surface area contributed by atoms with E-state index >= 15 is 0 Å². The number of aliphatic carboxylic acids is 1. The summed E-state index contributed by atoms with van der Waals surface area (Å²) in [5.41, 5.74) is 0. The lowest BCUT2D eigenvalue weighted by Gasteiger charge is -2.35. The molecule has 7 nitrogen and oxygen atoms in total. The number of carboxylic acids is 1. The lowest BCUT2D eigenvalue weighted by Crippen LogP contribution is -2.53. The van der Waals surface area contributed by atoms with Gasteiger partial charge in [0.2, 0.25) is 0 Å². The van der Waals surface area contributed by atoms with Crippen molar-refractivity contribution in [3.63, 3.8) is 0 Å². The number of urea groups is 1. The predicted octanol–water partition coefficient (Wildman–Crippen LogP) is 1.15. The van der Waals surface area contributed by atoms with Gasteiger partial charge in [-0.2, -0.15) is 0 Å². The Morgan fingerprint density at radius 3 is 2.86 bits per heavy atom. The van der Waals surface area contributed by atoms with Gasteiger partial charge < -0.3 is 24.1 Å². The molecule has 2 amide bonds. The molecular formula is C14H18N2O5. The zero-order valence-electron chi connectivity index (χ0n) is 11.6. The summed E-state index contributed by atoms with van der Waals surface area (Å²) in [7, 11) is 0. The number of carbonyl (C=O) groups excluding carboxylic acids is 1. The van der Waals surface area contributed by atoms with E-state index in [1.165, 1.54) is 0 Å². The monoisotopic (exact) mass is 294 g/mol. The van der Waals surface area contributed by atoms with Gasteiger partial charge in [0, 0.05) is 12.6 Å². The minimum absolute atomic E-state index is 0.0928. The van der Waals surface area contributed by atoms with Crippen LogP contribution in [0.15, 0.2) is 22.8 Å². The average Bonchev–Trinajstić information content (AvgIpc) is 3.20. The maximum absolute atomic E-state index is 12.6. The van der Waals surface area contributed by atoms with Crippen LogP contribution in [-0.4, -0.2) is 58.7 Å². The number of hydrogen-bond acceptors (Lipinski definition) is 4. The van der Waals surface area contributed by atoms with Crippen molar-refractivity contribution in [2.45, 2.75) is 31.5 Å². The van der Waals surface area contributed by atoms with Crippen LogP contribution in [0.4, 0.5) is 4.79 Å². The Balaban J connectivity index is 1.67. The van der Waals surface area contributed by atoms with Gasteiger partial charge in [0.25, 0.3) is 0 Å². The molecule has 1 aliphatic carbocycles. The molecule has 1 atom stereocenters. The zero-order chi connectivity index (χ0) is 14.8. The highest BCUT2D eigenvalue weighted by Crippen LogP contribution is 2.29. The van der Waals surface area contributed by atoms with Crippen molar-refractivity contribution in [3.8, 4) is 0 Å². The molecule has 7 heteroatoms. The Morgan fingerprint density at radius 2 is 2.24 bits per heavy atom. The summed E-state index contributed by atoms with van der Waals surface area (Å²) in [6, 6.07) is 3.72. The summed E-state index contributed by atoms with van der Waals surface area (Å²) < 4.78 is 10.5. The molecule has 1 aliphatic heterocycles. The number of carbonyl (C=O) groups is 2. The van der Waals surface area contributed by atoms with Crippen molar-refractivity contribution in [1.82, 2.24) is 9.80 Å². The maximum atomic E-state index is 12.6. The van der Waals surface area contributed by atoms with Crippen LogP contribution in [-0.2, 0) is 16.1 Å². The summed E-state index contributed by atoms with van der Waals surface area (Å²) in [6.07, 6.45) is 2.62. The molecule has 1 aromatic heterocycles. The quantitative estimate of drug-likeness (QED) is 0.900. The summed E-state index contributed by atoms with van der Waals surface area (Å²) in [5.74, 6) is -0.296. The van der Waals surface area contributed by atoms with Gasteiger partial charge in [-0.05, 0) is 25.0 Å². The normalized spacial score (nSPS) is 22.1. The molecule has 1 aromatic rings. The van der Waals surface area contributed by atoms with Gasteiger partial charge >= 0.3 is 12.0 Å². The van der Waals surface area contributed by atoms with Crippen molar-refractivity contribution < 1.29 is 23.8 Å². The highest BCUT2D eigenvalue weighted by molar-refractivity contribution is 5.78. The second-order valence-corrected chi connectivity index (χ2v) is 5.36. The Morgan fingerprint density at radius 1 is 1.43 bits per heavy atom. The van der Waals surface area contributed by atoms with Crippen LogP contribution in [0, 0.1) is 0 Å². The summed E-state index contributed by atoms with van der Waals surface area (Å²) in [5, 5.41) is 9.01. The zero-order valence-corrected chi connectivity index (χ0v) is 11.6. The number of rotatable bonds is 4. The van der Waals surface area contributed by atoms with Crippen molar-refractivity contribution >= 4 is 12.0 Å². The third-order valence-corrected chi connectivity index (χ3v) is 3.75. The Kier molecular flexibility index (Phi) is 3.83. The van der Waals surface area contributed by atoms with Crippen molar-refractivity contribution in [2.24, 2.45) is 0 Å². The second-order valence-electron chi connectivity index (χ2n) is 5.36. The molecule has 0 spiro atoms. The summed E-state index contributed by atoms with van der Waals surface area (Å²) in [4.78, 5) is 27.0. The first kappa shape index (κ1) is 13.9. The molecule has 21 heavy (non-hydrogen) atoms. The Labute approximate surface area is 122 Å². The van der Waals surface area contributed by atoms with Crippen molar-refractivity contribution in [1.29, 1.82) is 0 Å². The molecule has 1 saturated heterocycles. The fourth-order valence-electron chi connectivity index (χ4n) is 2.46. The first-order chi connectivity index (χ1) is 10.1. The van der Waals surface area contributed by atoms with Gasteiger partial charge in [-0.15, -0.1) is 0 Å². The molecule has 3 rings (SSSR count). The first-order valence-electron chi connectivity index (χ1n) is 7.07. The molecule has 114 valence electrons. The van der Waals surface area contributed by atoms with Gasteiger partial charge in [0.15, 0.2) is 6.10 Å². The number of nitrogens with zero attached hydrogens (tertiary/aromatic N) is 2. The molecule has 2 aliphatic rings. The number of furan rings is 1. The molecule has 0 radical (unpaired) electrons. The van der Waals surface area contributed by atoms with Crippen LogP contribution >= 0.6 is 0 Å². The summed E-state index contributed by atoms with van der Waals surface area (Å²) >= 11 is 0. The van der Waals surface area contributed by atoms with Crippen molar-refractivity contribution in [3.05, 3.63) is 24.2 Å². The van der Waals surface area contributed by atoms with Crippen LogP contribution in [0.5, 0.6) is 0 Å². The predicted molar refractivity (Wildman–Crippen MR) is 71.6 cm³/mol. The van der Waals surface area contributed by atoms with Gasteiger partial charge in [-0.3, -0.25) is 0 Å². The molecule has 2 fully saturated rings. The van der Waals surface area contributed by atoms with Gasteiger partial charge in [-0.1, -0.05) is 0 Å². The first-order valence-corrected chi connectivity index (χ1v) is 7.07. The van der Waals surface area contributed by atoms with Crippen LogP contribution in [0.2, 0.25) is 0 Å². The number of carboxylic acid groups (broad SMARTS) is 1. The van der Waals surface area contributed by atoms with E-state index in [1.54, 1.807) is 22.1 Å². The third-order valence-electron chi connectivity index (χ3n) is 3.75. The van der Waals surface area contributed by atoms with Gasteiger partial charge in [0.1, 0.15) is 5.76 Å². The van der Waals surface area contributed by atoms with Crippen LogP contribution < -0.4 is 0 Å². The van der Waals surface area contributed by atoms with Crippen LogP contribution in [0.1, 0.15) is 18.6 Å². The topological polar surface area (TPSA) is 83.2 Å². The standard InChI is InChI=1S/C14H18N2O5/c17-13(18)12-9-15(5-7-21-12)14(19)16(10-3-4-10)8-11-2-1-6-20-11/h1-2,6,10,12H,3-5,7-9H2,(H,17,18). The number of hydrogen-bond donors (Lipinski definition) is 1. The molecule has 1 unspecified atom stereocenters. The maximum Gasteiger partial charge on any atom is 0.334 e. The Bertz CT molecular complexity index is 511. The largest absolute Gasteiger partial charge is 0.479 e. The fourth-order valence-corrected chi connectivity index (χ4v) is 2.46. The molecule has 0 aromatic carbocycles. The molecule has 2 heterocycles. The number of ether oxygens (including phenoxy) is 1. The molecular weight excluding hydrogens is 276 g/mol. The van der Waals surface area contributed by atoms with E-state index in [-0.39, 0.29) is 25.2 Å². The lowest BCUT2D eigenvalue weighted by molar-refractivity contribution is -0.154. The highest BCUT2D eigenvalue weighted by atomic mass is 16.5. The van der Waals surface area contributed by atoms with Crippen molar-refractivity contribution in [2.75, 3.05) is 19.7 Å². The molecule has 1 saturated carbocycles. The van der Waals surface area contributed by atoms with E-state index in [9.17, 15) is 9.59 Å². The van der Waals surface area contributed by atoms with E-state index < -0.39 is 12.1 Å². The summed E-state index contributed by atoms with van der Waals surface area (Å²) in [6.45, 7) is 1.19. The van der Waals surface area contributed by atoms with E-state index in [0.29, 0.717) is 13.1 Å². The minimum atomic E-state index is -1.03. The minimum Gasteiger partial charge on any atom is -0.479 e. The van der Waals surface area contributed by atoms with E-state index in [4.69, 9.17) is 14.3 Å². The van der Waals surface area contributed by atoms with Crippen LogP contribution in [0.25, 0.3) is 0 Å². The van der Waals surface area contributed by atoms with E-state index in [1.807, 2.05) is 6.07 Å². The fraction of sp³-hybridized carbons (Fsp3) is 0.571.